The molecule has 0 radical (unpaired) electrons. The van der Waals surface area contributed by atoms with Gasteiger partial charge in [-0.25, -0.2) is 9.69 Å². The maximum atomic E-state index is 12.8. The predicted octanol–water partition coefficient (Wildman–Crippen LogP) is 2.70. The minimum atomic E-state index is -4.84. The van der Waals surface area contributed by atoms with Crippen LogP contribution < -0.4 is 15.0 Å². The molecule has 0 bridgehead atoms. The third-order valence-corrected chi connectivity index (χ3v) is 4.45. The second kappa shape index (κ2) is 8.01. The Morgan fingerprint density at radius 1 is 1.20 bits per heavy atom. The van der Waals surface area contributed by atoms with Gasteiger partial charge in [0.2, 0.25) is 0 Å². The smallest absolute Gasteiger partial charge is 0.406 e. The maximum Gasteiger partial charge on any atom is 0.573 e. The fourth-order valence-corrected chi connectivity index (χ4v) is 2.97. The van der Waals surface area contributed by atoms with Gasteiger partial charge >= 0.3 is 12.4 Å². The molecule has 1 unspecified atom stereocenters. The number of amides is 4. The number of carbonyl (C=O) groups is 3. The Kier molecular flexibility index (Phi) is 5.63. The van der Waals surface area contributed by atoms with Crippen molar-refractivity contribution in [2.45, 2.75) is 25.9 Å². The van der Waals surface area contributed by atoms with Crippen LogP contribution in [0.3, 0.4) is 0 Å². The molecule has 1 aliphatic rings. The molecule has 158 valence electrons. The molecule has 0 aliphatic carbocycles. The summed E-state index contributed by atoms with van der Waals surface area (Å²) >= 11 is 0. The summed E-state index contributed by atoms with van der Waals surface area (Å²) in [6, 6.07) is 6.13. The lowest BCUT2D eigenvalue weighted by molar-refractivity contribution is -0.274. The average molecular weight is 422 g/mol. The summed E-state index contributed by atoms with van der Waals surface area (Å²) < 4.78 is 40.7. The lowest BCUT2D eigenvalue weighted by Crippen LogP contribution is -2.33. The van der Waals surface area contributed by atoms with Crippen LogP contribution in [-0.2, 0) is 11.3 Å². The number of ether oxygens (including phenoxy) is 1. The number of nitrogens with zero attached hydrogens (tertiary/aromatic N) is 3. The molecule has 1 atom stereocenters. The number of pyridine rings is 1. The van der Waals surface area contributed by atoms with Crippen LogP contribution in [-0.4, -0.2) is 47.2 Å². The molecule has 4 amide bonds. The van der Waals surface area contributed by atoms with Crippen molar-refractivity contribution < 1.29 is 32.3 Å². The van der Waals surface area contributed by atoms with Gasteiger partial charge in [0.15, 0.2) is 0 Å². The Bertz CT molecular complexity index is 978. The zero-order valence-electron chi connectivity index (χ0n) is 15.9. The summed E-state index contributed by atoms with van der Waals surface area (Å²) in [6.07, 6.45) is -3.42. The fraction of sp³-hybridized carbons (Fsp3) is 0.263. The van der Waals surface area contributed by atoms with Crippen molar-refractivity contribution in [2.24, 2.45) is 0 Å². The van der Waals surface area contributed by atoms with E-state index >= 15 is 0 Å². The molecular formula is C19H17F3N4O4. The van der Waals surface area contributed by atoms with E-state index < -0.39 is 36.0 Å². The van der Waals surface area contributed by atoms with Crippen LogP contribution in [0.2, 0.25) is 0 Å². The molecule has 0 spiro atoms. The number of urea groups is 1. The number of rotatable bonds is 5. The number of benzene rings is 1. The highest BCUT2D eigenvalue weighted by Crippen LogP contribution is 2.30. The maximum absolute atomic E-state index is 12.8. The van der Waals surface area contributed by atoms with Crippen molar-refractivity contribution in [3.05, 3.63) is 53.9 Å². The van der Waals surface area contributed by atoms with Gasteiger partial charge < -0.3 is 15.0 Å². The number of hydrogen-bond donors (Lipinski definition) is 1. The molecule has 1 aliphatic heterocycles. The van der Waals surface area contributed by atoms with E-state index in [9.17, 15) is 27.6 Å². The van der Waals surface area contributed by atoms with Crippen LogP contribution in [0.4, 0.5) is 23.7 Å². The molecular weight excluding hydrogens is 405 g/mol. The van der Waals surface area contributed by atoms with Gasteiger partial charge in [-0.3, -0.25) is 14.6 Å². The molecule has 1 saturated heterocycles. The zero-order chi connectivity index (χ0) is 22.1. The van der Waals surface area contributed by atoms with E-state index in [-0.39, 0.29) is 17.9 Å². The molecule has 1 fully saturated rings. The van der Waals surface area contributed by atoms with Gasteiger partial charge in [0.1, 0.15) is 17.5 Å². The van der Waals surface area contributed by atoms with E-state index in [2.05, 4.69) is 15.0 Å². The number of nitrogens with one attached hydrogen (secondary N) is 1. The van der Waals surface area contributed by atoms with E-state index in [4.69, 9.17) is 0 Å². The topological polar surface area (TPSA) is 91.8 Å². The Labute approximate surface area is 169 Å². The van der Waals surface area contributed by atoms with E-state index in [1.165, 1.54) is 36.3 Å². The highest BCUT2D eigenvalue weighted by atomic mass is 19.4. The third kappa shape index (κ3) is 4.34. The molecule has 30 heavy (non-hydrogen) atoms. The highest BCUT2D eigenvalue weighted by molar-refractivity contribution is 6.21. The van der Waals surface area contributed by atoms with Gasteiger partial charge in [-0.2, -0.15) is 0 Å². The first kappa shape index (κ1) is 21.1. The quantitative estimate of drug-likeness (QED) is 0.749. The monoisotopic (exact) mass is 422 g/mol. The number of halogens is 3. The van der Waals surface area contributed by atoms with Crippen molar-refractivity contribution in [1.29, 1.82) is 0 Å². The molecule has 2 aromatic rings. The normalized spacial score (nSPS) is 16.8. The zero-order valence-corrected chi connectivity index (χ0v) is 15.9. The molecule has 2 heterocycles. The average Bonchev–Trinajstić information content (AvgIpc) is 2.90. The summed E-state index contributed by atoms with van der Waals surface area (Å²) in [6.45, 7) is 1.59. The van der Waals surface area contributed by atoms with Crippen LogP contribution in [0.1, 0.15) is 23.0 Å². The molecule has 1 N–H and O–H groups in total. The number of carbonyl (C=O) groups excluding carboxylic acids is 3. The standard InChI is InChI=1S/C19H17F3N4O4/c1-11-17(28)26(13-3-5-14(6-4-13)30-19(20,21)22)18(29)25(11)10-12-7-8-24-15(9-12)16(27)23-2/h3-9,11H,10H2,1-2H3,(H,23,27). The summed E-state index contributed by atoms with van der Waals surface area (Å²) in [4.78, 5) is 43.3. The first-order valence-corrected chi connectivity index (χ1v) is 8.78. The molecule has 11 heteroatoms. The first-order chi connectivity index (χ1) is 14.1. The first-order valence-electron chi connectivity index (χ1n) is 8.78. The van der Waals surface area contributed by atoms with Gasteiger partial charge in [0, 0.05) is 19.8 Å². The molecule has 1 aromatic heterocycles. The van der Waals surface area contributed by atoms with E-state index in [0.717, 1.165) is 17.0 Å². The van der Waals surface area contributed by atoms with Gasteiger partial charge in [-0.1, -0.05) is 0 Å². The van der Waals surface area contributed by atoms with Crippen molar-refractivity contribution >= 4 is 23.5 Å². The van der Waals surface area contributed by atoms with Crippen LogP contribution >= 0.6 is 0 Å². The Morgan fingerprint density at radius 3 is 2.47 bits per heavy atom. The van der Waals surface area contributed by atoms with Crippen LogP contribution in [0.15, 0.2) is 42.6 Å². The fourth-order valence-electron chi connectivity index (χ4n) is 2.97. The lowest BCUT2D eigenvalue weighted by Gasteiger charge is -2.19. The van der Waals surface area contributed by atoms with Gasteiger partial charge in [-0.15, -0.1) is 13.2 Å². The molecule has 1 aromatic carbocycles. The number of aromatic nitrogens is 1. The number of anilines is 1. The summed E-state index contributed by atoms with van der Waals surface area (Å²) in [5, 5.41) is 2.45. The largest absolute Gasteiger partial charge is 0.573 e. The summed E-state index contributed by atoms with van der Waals surface area (Å²) in [5.41, 5.74) is 0.875. The molecule has 0 saturated carbocycles. The number of hydrogen-bond acceptors (Lipinski definition) is 5. The summed E-state index contributed by atoms with van der Waals surface area (Å²) in [7, 11) is 1.46. The summed E-state index contributed by atoms with van der Waals surface area (Å²) in [5.74, 6) is -1.38. The number of alkyl halides is 3. The van der Waals surface area contributed by atoms with Gasteiger partial charge in [-0.05, 0) is 48.9 Å². The van der Waals surface area contributed by atoms with Crippen molar-refractivity contribution in [3.63, 3.8) is 0 Å². The van der Waals surface area contributed by atoms with E-state index in [0.29, 0.717) is 5.56 Å². The van der Waals surface area contributed by atoms with Crippen molar-refractivity contribution in [2.75, 3.05) is 11.9 Å². The van der Waals surface area contributed by atoms with E-state index in [1.807, 2.05) is 0 Å². The Hall–Kier alpha value is -3.63. The van der Waals surface area contributed by atoms with E-state index in [1.54, 1.807) is 13.0 Å². The van der Waals surface area contributed by atoms with Crippen LogP contribution in [0, 0.1) is 0 Å². The second-order valence-electron chi connectivity index (χ2n) is 6.43. The van der Waals surface area contributed by atoms with Crippen LogP contribution in [0.25, 0.3) is 0 Å². The molecule has 3 rings (SSSR count). The van der Waals surface area contributed by atoms with Gasteiger partial charge in [0.05, 0.1) is 5.69 Å². The third-order valence-electron chi connectivity index (χ3n) is 4.45. The van der Waals surface area contributed by atoms with Crippen molar-refractivity contribution in [3.8, 4) is 5.75 Å². The van der Waals surface area contributed by atoms with Crippen LogP contribution in [0.5, 0.6) is 5.75 Å². The Morgan fingerprint density at radius 2 is 1.87 bits per heavy atom. The highest BCUT2D eigenvalue weighted by Gasteiger charge is 2.43. The molecule has 8 nitrogen and oxygen atoms in total. The number of imide groups is 1. The predicted molar refractivity (Wildman–Crippen MR) is 98.6 cm³/mol. The lowest BCUT2D eigenvalue weighted by atomic mass is 10.2. The second-order valence-corrected chi connectivity index (χ2v) is 6.43. The minimum Gasteiger partial charge on any atom is -0.406 e. The van der Waals surface area contributed by atoms with Crippen molar-refractivity contribution in [1.82, 2.24) is 15.2 Å². The SMILES string of the molecule is CNC(=O)c1cc(CN2C(=O)N(c3ccc(OC(F)(F)F)cc3)C(=O)C2C)ccn1. The Balaban J connectivity index is 1.80. The minimum absolute atomic E-state index is 0.0457. The van der Waals surface area contributed by atoms with Gasteiger partial charge in [0.25, 0.3) is 11.8 Å².